The maximum atomic E-state index is 12.4. The first kappa shape index (κ1) is 19.0. The molecule has 142 valence electrons. The lowest BCUT2D eigenvalue weighted by Crippen LogP contribution is -2.56. The van der Waals surface area contributed by atoms with Crippen molar-refractivity contribution in [1.82, 2.24) is 20.5 Å². The van der Waals surface area contributed by atoms with Crippen LogP contribution in [0.1, 0.15) is 23.2 Å². The van der Waals surface area contributed by atoms with Crippen molar-refractivity contribution in [2.45, 2.75) is 32.4 Å². The van der Waals surface area contributed by atoms with Gasteiger partial charge < -0.3 is 10.6 Å². The molecule has 1 aromatic carbocycles. The minimum Gasteiger partial charge on any atom is -0.356 e. The van der Waals surface area contributed by atoms with Gasteiger partial charge in [-0.25, -0.2) is 0 Å². The Morgan fingerprint density at radius 3 is 2.85 bits per heavy atom. The molecule has 2 N–H and O–H groups in total. The van der Waals surface area contributed by atoms with E-state index < -0.39 is 6.04 Å². The van der Waals surface area contributed by atoms with E-state index in [0.29, 0.717) is 26.1 Å². The number of nitrogens with one attached hydrogen (secondary N) is 2. The number of hydrogen-bond donors (Lipinski definition) is 2. The van der Waals surface area contributed by atoms with Gasteiger partial charge >= 0.3 is 0 Å². The van der Waals surface area contributed by atoms with Gasteiger partial charge in [-0.15, -0.1) is 0 Å². The van der Waals surface area contributed by atoms with Crippen molar-refractivity contribution in [3.8, 4) is 0 Å². The van der Waals surface area contributed by atoms with Crippen LogP contribution in [-0.4, -0.2) is 47.4 Å². The van der Waals surface area contributed by atoms with Crippen LogP contribution in [0.4, 0.5) is 0 Å². The summed E-state index contributed by atoms with van der Waals surface area (Å²) in [4.78, 5) is 31.1. The average molecular weight is 366 g/mol. The summed E-state index contributed by atoms with van der Waals surface area (Å²) in [6.07, 6.45) is 2.59. The quantitative estimate of drug-likeness (QED) is 0.778. The normalized spacial score (nSPS) is 17.4. The number of amides is 2. The SMILES string of the molecule is Cc1ccccc1CN1CCNC(=O)C1CC(=O)NCCc1ccccn1. The van der Waals surface area contributed by atoms with E-state index in [-0.39, 0.29) is 18.2 Å². The number of aryl methyl sites for hydroxylation is 1. The Kier molecular flexibility index (Phi) is 6.54. The van der Waals surface area contributed by atoms with Crippen molar-refractivity contribution in [3.63, 3.8) is 0 Å². The zero-order valence-corrected chi connectivity index (χ0v) is 15.6. The largest absolute Gasteiger partial charge is 0.356 e. The molecule has 1 atom stereocenters. The molecule has 6 heteroatoms. The van der Waals surface area contributed by atoms with Gasteiger partial charge in [0.15, 0.2) is 0 Å². The second-order valence-corrected chi connectivity index (χ2v) is 6.83. The molecule has 1 fully saturated rings. The van der Waals surface area contributed by atoms with Crippen LogP contribution < -0.4 is 10.6 Å². The van der Waals surface area contributed by atoms with E-state index in [4.69, 9.17) is 0 Å². The van der Waals surface area contributed by atoms with Gasteiger partial charge in [0.1, 0.15) is 0 Å². The Labute approximate surface area is 160 Å². The fourth-order valence-corrected chi connectivity index (χ4v) is 3.30. The smallest absolute Gasteiger partial charge is 0.237 e. The number of pyridine rings is 1. The summed E-state index contributed by atoms with van der Waals surface area (Å²) in [6.45, 7) is 4.61. The molecule has 2 aromatic rings. The van der Waals surface area contributed by atoms with Gasteiger partial charge in [0.05, 0.1) is 12.5 Å². The van der Waals surface area contributed by atoms with Gasteiger partial charge in [-0.05, 0) is 30.2 Å². The molecule has 2 amide bonds. The van der Waals surface area contributed by atoms with Crippen LogP contribution in [0.15, 0.2) is 48.7 Å². The summed E-state index contributed by atoms with van der Waals surface area (Å²) >= 11 is 0. The molecule has 1 saturated heterocycles. The lowest BCUT2D eigenvalue weighted by Gasteiger charge is -2.35. The minimum absolute atomic E-state index is 0.0743. The maximum absolute atomic E-state index is 12.4. The first-order valence-electron chi connectivity index (χ1n) is 9.36. The molecule has 1 aliphatic rings. The standard InChI is InChI=1S/C21H26N4O2/c1-16-6-2-3-7-17(16)15-25-13-12-24-21(27)19(25)14-20(26)23-11-9-18-8-4-5-10-22-18/h2-8,10,19H,9,11-15H2,1H3,(H,23,26)(H,24,27). The first-order valence-corrected chi connectivity index (χ1v) is 9.36. The van der Waals surface area contributed by atoms with Crippen molar-refractivity contribution in [1.29, 1.82) is 0 Å². The van der Waals surface area contributed by atoms with Gasteiger partial charge in [-0.2, -0.15) is 0 Å². The highest BCUT2D eigenvalue weighted by Crippen LogP contribution is 2.16. The lowest BCUT2D eigenvalue weighted by atomic mass is 10.0. The van der Waals surface area contributed by atoms with E-state index in [2.05, 4.69) is 39.6 Å². The Morgan fingerprint density at radius 1 is 1.26 bits per heavy atom. The lowest BCUT2D eigenvalue weighted by molar-refractivity contribution is -0.134. The van der Waals surface area contributed by atoms with E-state index >= 15 is 0 Å². The van der Waals surface area contributed by atoms with Crippen molar-refractivity contribution in [2.75, 3.05) is 19.6 Å². The van der Waals surface area contributed by atoms with Gasteiger partial charge in [0.2, 0.25) is 11.8 Å². The van der Waals surface area contributed by atoms with Gasteiger partial charge in [0.25, 0.3) is 0 Å². The summed E-state index contributed by atoms with van der Waals surface area (Å²) in [5.74, 6) is -0.183. The Hall–Kier alpha value is -2.73. The van der Waals surface area contributed by atoms with Gasteiger partial charge in [0, 0.05) is 44.5 Å². The topological polar surface area (TPSA) is 74.3 Å². The molecule has 1 aliphatic heterocycles. The highest BCUT2D eigenvalue weighted by atomic mass is 16.2. The number of aromatic nitrogens is 1. The number of hydrogen-bond acceptors (Lipinski definition) is 4. The summed E-state index contributed by atoms with van der Waals surface area (Å²) in [6, 6.07) is 13.5. The van der Waals surface area contributed by atoms with E-state index in [0.717, 1.165) is 12.2 Å². The number of carbonyl (C=O) groups is 2. The van der Waals surface area contributed by atoms with Crippen molar-refractivity contribution < 1.29 is 9.59 Å². The number of piperazine rings is 1. The summed E-state index contributed by atoms with van der Waals surface area (Å²) in [5, 5.41) is 5.79. The van der Waals surface area contributed by atoms with E-state index in [1.54, 1.807) is 6.20 Å². The molecule has 27 heavy (non-hydrogen) atoms. The number of benzene rings is 1. The first-order chi connectivity index (χ1) is 13.1. The molecule has 0 spiro atoms. The Balaban J connectivity index is 1.55. The summed E-state index contributed by atoms with van der Waals surface area (Å²) < 4.78 is 0. The molecule has 0 saturated carbocycles. The molecular weight excluding hydrogens is 340 g/mol. The van der Waals surface area contributed by atoms with Crippen molar-refractivity contribution in [3.05, 3.63) is 65.5 Å². The molecule has 3 rings (SSSR count). The highest BCUT2D eigenvalue weighted by molar-refractivity contribution is 5.88. The third kappa shape index (κ3) is 5.37. The predicted octanol–water partition coefficient (Wildman–Crippen LogP) is 1.44. The minimum atomic E-state index is -0.437. The summed E-state index contributed by atoms with van der Waals surface area (Å²) in [5.41, 5.74) is 3.32. The fourth-order valence-electron chi connectivity index (χ4n) is 3.30. The van der Waals surface area contributed by atoms with Crippen LogP contribution in [0.5, 0.6) is 0 Å². The van der Waals surface area contributed by atoms with Crippen LogP contribution in [0.2, 0.25) is 0 Å². The van der Waals surface area contributed by atoms with E-state index in [1.807, 2.05) is 30.3 Å². The second kappa shape index (κ2) is 9.28. The molecule has 0 radical (unpaired) electrons. The van der Waals surface area contributed by atoms with Crippen LogP contribution in [-0.2, 0) is 22.6 Å². The van der Waals surface area contributed by atoms with E-state index in [9.17, 15) is 9.59 Å². The molecular formula is C21H26N4O2. The second-order valence-electron chi connectivity index (χ2n) is 6.83. The zero-order valence-electron chi connectivity index (χ0n) is 15.6. The number of carbonyl (C=O) groups excluding carboxylic acids is 2. The maximum Gasteiger partial charge on any atom is 0.237 e. The highest BCUT2D eigenvalue weighted by Gasteiger charge is 2.31. The van der Waals surface area contributed by atoms with Crippen molar-refractivity contribution >= 4 is 11.8 Å². The molecule has 1 aromatic heterocycles. The zero-order chi connectivity index (χ0) is 19.1. The average Bonchev–Trinajstić information content (AvgIpc) is 2.67. The third-order valence-electron chi connectivity index (χ3n) is 4.88. The van der Waals surface area contributed by atoms with Crippen molar-refractivity contribution in [2.24, 2.45) is 0 Å². The molecule has 6 nitrogen and oxygen atoms in total. The summed E-state index contributed by atoms with van der Waals surface area (Å²) in [7, 11) is 0. The Morgan fingerprint density at radius 2 is 2.07 bits per heavy atom. The molecule has 2 heterocycles. The van der Waals surface area contributed by atoms with Crippen LogP contribution >= 0.6 is 0 Å². The number of rotatable bonds is 7. The van der Waals surface area contributed by atoms with E-state index in [1.165, 1.54) is 11.1 Å². The van der Waals surface area contributed by atoms with Crippen LogP contribution in [0.3, 0.4) is 0 Å². The molecule has 0 aliphatic carbocycles. The molecule has 0 bridgehead atoms. The fraction of sp³-hybridized carbons (Fsp3) is 0.381. The number of nitrogens with zero attached hydrogens (tertiary/aromatic N) is 2. The van der Waals surface area contributed by atoms with Crippen LogP contribution in [0.25, 0.3) is 0 Å². The molecule has 1 unspecified atom stereocenters. The van der Waals surface area contributed by atoms with Gasteiger partial charge in [-0.1, -0.05) is 30.3 Å². The van der Waals surface area contributed by atoms with Crippen LogP contribution in [0, 0.1) is 6.92 Å². The monoisotopic (exact) mass is 366 g/mol. The Bertz CT molecular complexity index is 779. The third-order valence-corrected chi connectivity index (χ3v) is 4.88. The predicted molar refractivity (Wildman–Crippen MR) is 104 cm³/mol. The van der Waals surface area contributed by atoms with Gasteiger partial charge in [-0.3, -0.25) is 19.5 Å².